The van der Waals surface area contributed by atoms with Crippen molar-refractivity contribution in [2.45, 2.75) is 10.1 Å². The molecule has 4 rings (SSSR count). The Labute approximate surface area is 129 Å². The first kappa shape index (κ1) is 12.7. The van der Waals surface area contributed by atoms with Gasteiger partial charge in [0.2, 0.25) is 0 Å². The zero-order valence-electron chi connectivity index (χ0n) is 10.8. The van der Waals surface area contributed by atoms with Crippen molar-refractivity contribution >= 4 is 52.2 Å². The van der Waals surface area contributed by atoms with Gasteiger partial charge in [-0.05, 0) is 18.2 Å². The molecule has 0 spiro atoms. The van der Waals surface area contributed by atoms with Crippen molar-refractivity contribution < 1.29 is 4.79 Å². The molecule has 0 amide bonds. The summed E-state index contributed by atoms with van der Waals surface area (Å²) in [5.41, 5.74) is 3.16. The number of Topliss-reactive ketones (excluding diaryl/α,β-unsaturated/α-hetero) is 1. The van der Waals surface area contributed by atoms with E-state index in [9.17, 15) is 4.79 Å². The highest BCUT2D eigenvalue weighted by Crippen LogP contribution is 2.36. The number of benzene rings is 2. The number of carbonyl (C=O) groups is 1. The Kier molecular flexibility index (Phi) is 3.05. The molecule has 6 heteroatoms. The monoisotopic (exact) mass is 311 g/mol. The third-order valence-electron chi connectivity index (χ3n) is 3.28. The van der Waals surface area contributed by atoms with E-state index in [4.69, 9.17) is 0 Å². The van der Waals surface area contributed by atoms with E-state index in [0.717, 1.165) is 27.2 Å². The van der Waals surface area contributed by atoms with Crippen LogP contribution in [-0.2, 0) is 0 Å². The first-order valence-electron chi connectivity index (χ1n) is 6.38. The van der Waals surface area contributed by atoms with E-state index in [1.807, 2.05) is 42.5 Å². The van der Waals surface area contributed by atoms with Gasteiger partial charge in [0.1, 0.15) is 16.3 Å². The van der Waals surface area contributed by atoms with Gasteiger partial charge in [-0.3, -0.25) is 9.79 Å². The second-order valence-corrected chi connectivity index (χ2v) is 6.30. The fourth-order valence-corrected chi connectivity index (χ4v) is 3.89. The molecule has 0 radical (unpaired) electrons. The smallest absolute Gasteiger partial charge is 0.182 e. The Morgan fingerprint density at radius 1 is 1.10 bits per heavy atom. The summed E-state index contributed by atoms with van der Waals surface area (Å²) in [5.74, 6) is 0.114. The third-order valence-corrected chi connectivity index (χ3v) is 5.02. The molecule has 3 aromatic rings. The van der Waals surface area contributed by atoms with Gasteiger partial charge in [-0.2, -0.15) is 8.75 Å². The first-order valence-corrected chi connectivity index (χ1v) is 7.99. The quantitative estimate of drug-likeness (QED) is 0.676. The molecule has 0 aliphatic carbocycles. The van der Waals surface area contributed by atoms with Crippen LogP contribution in [0.4, 0.5) is 5.69 Å². The molecule has 1 unspecified atom stereocenters. The van der Waals surface area contributed by atoms with E-state index >= 15 is 0 Å². The lowest BCUT2D eigenvalue weighted by Gasteiger charge is -1.99. The van der Waals surface area contributed by atoms with Gasteiger partial charge in [-0.1, -0.05) is 24.3 Å². The maximum absolute atomic E-state index is 12.3. The summed E-state index contributed by atoms with van der Waals surface area (Å²) in [7, 11) is 0. The van der Waals surface area contributed by atoms with Gasteiger partial charge in [-0.25, -0.2) is 0 Å². The molecule has 4 nitrogen and oxygen atoms in total. The molecule has 1 atom stereocenters. The molecule has 21 heavy (non-hydrogen) atoms. The van der Waals surface area contributed by atoms with E-state index in [1.54, 1.807) is 6.21 Å². The zero-order chi connectivity index (χ0) is 14.2. The summed E-state index contributed by atoms with van der Waals surface area (Å²) >= 11 is 2.71. The lowest BCUT2D eigenvalue weighted by atomic mass is 10.1. The lowest BCUT2D eigenvalue weighted by Crippen LogP contribution is -2.12. The van der Waals surface area contributed by atoms with Crippen LogP contribution >= 0.6 is 23.5 Å². The minimum absolute atomic E-state index is 0.114. The number of fused-ring (bicyclic) bond motifs is 2. The van der Waals surface area contributed by atoms with Gasteiger partial charge in [0.05, 0.1) is 17.4 Å². The standard InChI is InChI=1S/C15H9N3OS2/c19-15-9-4-1-2-7-12(9)20-13(15)8-16-10-5-3-6-11-14(10)18-21-17-11/h1-8,13H. The van der Waals surface area contributed by atoms with Crippen LogP contribution in [0.2, 0.25) is 0 Å². The van der Waals surface area contributed by atoms with Crippen molar-refractivity contribution in [1.29, 1.82) is 0 Å². The Balaban J connectivity index is 1.66. The van der Waals surface area contributed by atoms with Crippen molar-refractivity contribution in [2.75, 3.05) is 0 Å². The Bertz CT molecular complexity index is 872. The molecule has 1 aliphatic rings. The third kappa shape index (κ3) is 2.16. The maximum atomic E-state index is 12.3. The molecule has 2 aromatic carbocycles. The van der Waals surface area contributed by atoms with Crippen molar-refractivity contribution in [1.82, 2.24) is 8.75 Å². The molecular formula is C15H9N3OS2. The average Bonchev–Trinajstić information content (AvgIpc) is 3.11. The second kappa shape index (κ2) is 5.05. The van der Waals surface area contributed by atoms with Crippen LogP contribution < -0.4 is 0 Å². The minimum atomic E-state index is -0.260. The molecule has 0 fully saturated rings. The summed E-state index contributed by atoms with van der Waals surface area (Å²) in [5, 5.41) is -0.260. The highest BCUT2D eigenvalue weighted by atomic mass is 32.2. The first-order chi connectivity index (χ1) is 10.3. The van der Waals surface area contributed by atoms with E-state index in [1.165, 1.54) is 23.5 Å². The van der Waals surface area contributed by atoms with Crippen LogP contribution in [-0.4, -0.2) is 26.0 Å². The van der Waals surface area contributed by atoms with Crippen LogP contribution in [0.25, 0.3) is 11.0 Å². The number of hydrogen-bond acceptors (Lipinski definition) is 6. The van der Waals surface area contributed by atoms with Crippen LogP contribution in [0, 0.1) is 0 Å². The van der Waals surface area contributed by atoms with E-state index in [2.05, 4.69) is 13.7 Å². The predicted molar refractivity (Wildman–Crippen MR) is 86.0 cm³/mol. The molecule has 0 saturated heterocycles. The molecule has 0 saturated carbocycles. The van der Waals surface area contributed by atoms with Crippen LogP contribution in [0.3, 0.4) is 0 Å². The minimum Gasteiger partial charge on any atom is -0.292 e. The number of rotatable bonds is 2. The Morgan fingerprint density at radius 2 is 2.00 bits per heavy atom. The summed E-state index contributed by atoms with van der Waals surface area (Å²) in [4.78, 5) is 17.8. The van der Waals surface area contributed by atoms with Gasteiger partial charge in [0.15, 0.2) is 5.78 Å². The van der Waals surface area contributed by atoms with Gasteiger partial charge in [0, 0.05) is 16.7 Å². The van der Waals surface area contributed by atoms with Crippen LogP contribution in [0.1, 0.15) is 10.4 Å². The highest BCUT2D eigenvalue weighted by Gasteiger charge is 2.29. The number of aromatic nitrogens is 2. The zero-order valence-corrected chi connectivity index (χ0v) is 12.4. The normalized spacial score (nSPS) is 17.7. The van der Waals surface area contributed by atoms with Gasteiger partial charge in [-0.15, -0.1) is 11.8 Å². The lowest BCUT2D eigenvalue weighted by molar-refractivity contribution is 0.101. The van der Waals surface area contributed by atoms with Gasteiger partial charge >= 0.3 is 0 Å². The molecule has 0 N–H and O–H groups in total. The molecule has 1 aromatic heterocycles. The van der Waals surface area contributed by atoms with E-state index < -0.39 is 0 Å². The van der Waals surface area contributed by atoms with Crippen LogP contribution in [0.5, 0.6) is 0 Å². The number of hydrogen-bond donors (Lipinski definition) is 0. The second-order valence-electron chi connectivity index (χ2n) is 4.59. The van der Waals surface area contributed by atoms with Crippen LogP contribution in [0.15, 0.2) is 52.4 Å². The fourth-order valence-electron chi connectivity index (χ4n) is 2.26. The summed E-state index contributed by atoms with van der Waals surface area (Å²) in [6.07, 6.45) is 1.71. The van der Waals surface area contributed by atoms with Crippen molar-refractivity contribution in [2.24, 2.45) is 4.99 Å². The summed E-state index contributed by atoms with van der Waals surface area (Å²) in [6.45, 7) is 0. The van der Waals surface area contributed by atoms with Crippen molar-refractivity contribution in [3.05, 3.63) is 48.0 Å². The van der Waals surface area contributed by atoms with E-state index in [-0.39, 0.29) is 11.0 Å². The topological polar surface area (TPSA) is 55.2 Å². The maximum Gasteiger partial charge on any atom is 0.182 e. The fraction of sp³-hybridized carbons (Fsp3) is 0.0667. The Morgan fingerprint density at radius 3 is 2.90 bits per heavy atom. The number of aliphatic imine (C=N–C) groups is 1. The molecular weight excluding hydrogens is 302 g/mol. The average molecular weight is 311 g/mol. The summed E-state index contributed by atoms with van der Waals surface area (Å²) < 4.78 is 8.44. The highest BCUT2D eigenvalue weighted by molar-refractivity contribution is 8.02. The van der Waals surface area contributed by atoms with Crippen molar-refractivity contribution in [3.63, 3.8) is 0 Å². The number of thioether (sulfide) groups is 1. The molecule has 0 bridgehead atoms. The molecule has 1 aliphatic heterocycles. The van der Waals surface area contributed by atoms with Gasteiger partial charge in [0.25, 0.3) is 0 Å². The number of nitrogens with zero attached hydrogens (tertiary/aromatic N) is 3. The summed E-state index contributed by atoms with van der Waals surface area (Å²) in [6, 6.07) is 13.4. The number of carbonyl (C=O) groups excluding carboxylic acids is 1. The van der Waals surface area contributed by atoms with Gasteiger partial charge < -0.3 is 0 Å². The molecule has 102 valence electrons. The largest absolute Gasteiger partial charge is 0.292 e. The number of ketones is 1. The van der Waals surface area contributed by atoms with E-state index in [0.29, 0.717) is 0 Å². The molecule has 2 heterocycles. The van der Waals surface area contributed by atoms with Crippen molar-refractivity contribution in [3.8, 4) is 0 Å². The predicted octanol–water partition coefficient (Wildman–Crippen LogP) is 3.75. The SMILES string of the molecule is O=C1c2ccccc2SC1C=Nc1cccc2nsnc12. The Hall–Kier alpha value is -2.05.